The molecule has 0 atom stereocenters. The number of carbonyl (C=O) groups excluding carboxylic acids is 4. The number of imide groups is 1. The lowest BCUT2D eigenvalue weighted by Gasteiger charge is -2.13. The number of hydrogen-bond donors (Lipinski definition) is 1. The Kier molecular flexibility index (Phi) is 28.8. The molecular weight excluding hydrogens is 635 g/mol. The van der Waals surface area contributed by atoms with Gasteiger partial charge in [-0.2, -0.15) is 0 Å². The topological polar surface area (TPSA) is 185 Å². The van der Waals surface area contributed by atoms with Crippen LogP contribution in [0.25, 0.3) is 0 Å². The van der Waals surface area contributed by atoms with Crippen molar-refractivity contribution in [1.29, 1.82) is 0 Å². The summed E-state index contributed by atoms with van der Waals surface area (Å²) in [6, 6.07) is 0. The molecule has 0 aliphatic carbocycles. The second-order valence-corrected chi connectivity index (χ2v) is 9.27. The quantitative estimate of drug-likeness (QED) is 0.0634. The Morgan fingerprint density at radius 3 is 1.13 bits per heavy atom. The van der Waals surface area contributed by atoms with Crippen LogP contribution in [0, 0.1) is 0 Å². The average molecular weight is 685 g/mol. The second kappa shape index (κ2) is 31.9. The largest absolute Gasteiger partial charge is 0.378 e. The highest BCUT2D eigenvalue weighted by Crippen LogP contribution is 2.02. The number of hydrogen-bond acceptors (Lipinski definition) is 15. The number of halogens is 1. The highest BCUT2D eigenvalue weighted by atomic mass is 19.3. The zero-order valence-corrected chi connectivity index (χ0v) is 26.9. The Morgan fingerprint density at radius 1 is 0.511 bits per heavy atom. The van der Waals surface area contributed by atoms with Crippen molar-refractivity contribution >= 4 is 23.7 Å². The van der Waals surface area contributed by atoms with Crippen LogP contribution in [-0.4, -0.2) is 174 Å². The van der Waals surface area contributed by atoms with Crippen LogP contribution in [-0.2, 0) is 71.5 Å². The Hall–Kier alpha value is -2.65. The highest BCUT2D eigenvalue weighted by Gasteiger charge is 2.25. The van der Waals surface area contributed by atoms with Crippen molar-refractivity contribution in [2.45, 2.75) is 6.42 Å². The molecule has 1 aliphatic heterocycles. The third kappa shape index (κ3) is 27.0. The molecule has 0 unspecified atom stereocenters. The lowest BCUT2D eigenvalue weighted by molar-refractivity contribution is -0.184. The summed E-state index contributed by atoms with van der Waals surface area (Å²) in [5.41, 5.74) is 0. The number of nitrogens with zero attached hydrogens (tertiary/aromatic N) is 1. The average Bonchev–Trinajstić information content (AvgIpc) is 3.38. The normalized spacial score (nSPS) is 12.7. The monoisotopic (exact) mass is 684 g/mol. The first kappa shape index (κ1) is 42.4. The molecule has 0 radical (unpaired) electrons. The molecular formula is C29H49FN2O15. The van der Waals surface area contributed by atoms with Gasteiger partial charge in [0.15, 0.2) is 0 Å². The van der Waals surface area contributed by atoms with Gasteiger partial charge in [-0.3, -0.25) is 24.2 Å². The van der Waals surface area contributed by atoms with Crippen LogP contribution in [0.3, 0.4) is 0 Å². The molecule has 0 bridgehead atoms. The number of amides is 3. The van der Waals surface area contributed by atoms with Gasteiger partial charge in [0.2, 0.25) is 5.91 Å². The van der Waals surface area contributed by atoms with Crippen molar-refractivity contribution in [1.82, 2.24) is 10.2 Å². The minimum atomic E-state index is -0.962. The molecule has 0 aromatic carbocycles. The SMILES string of the molecule is O=C(CN1C(=O)C=CC1=O)NCCOCCOCCOCCOCCOCCOCCOCCOCCOCCOCCC(=O)OF. The van der Waals surface area contributed by atoms with E-state index >= 15 is 0 Å². The van der Waals surface area contributed by atoms with E-state index in [2.05, 4.69) is 10.3 Å². The molecule has 0 aromatic rings. The first-order valence-electron chi connectivity index (χ1n) is 15.4. The molecule has 0 saturated heterocycles. The maximum absolute atomic E-state index is 11.7. The van der Waals surface area contributed by atoms with Crippen molar-refractivity contribution in [2.75, 3.05) is 145 Å². The van der Waals surface area contributed by atoms with Gasteiger partial charge < -0.3 is 52.7 Å². The van der Waals surface area contributed by atoms with E-state index in [1.54, 1.807) is 0 Å². The van der Waals surface area contributed by atoms with Crippen LogP contribution in [0.4, 0.5) is 4.53 Å². The molecule has 0 saturated carbocycles. The van der Waals surface area contributed by atoms with Crippen LogP contribution in [0.15, 0.2) is 12.2 Å². The van der Waals surface area contributed by atoms with Crippen molar-refractivity contribution in [3.8, 4) is 0 Å². The lowest BCUT2D eigenvalue weighted by Crippen LogP contribution is -2.41. The van der Waals surface area contributed by atoms with Crippen molar-refractivity contribution < 1.29 is 76.0 Å². The summed E-state index contributed by atoms with van der Waals surface area (Å²) in [5.74, 6) is -2.39. The van der Waals surface area contributed by atoms with Crippen molar-refractivity contribution in [3.05, 3.63) is 12.2 Å². The van der Waals surface area contributed by atoms with E-state index in [1.807, 2.05) is 0 Å². The van der Waals surface area contributed by atoms with Crippen LogP contribution < -0.4 is 5.32 Å². The summed E-state index contributed by atoms with van der Waals surface area (Å²) in [4.78, 5) is 49.0. The maximum Gasteiger partial charge on any atom is 0.351 e. The van der Waals surface area contributed by atoms with Gasteiger partial charge in [0.05, 0.1) is 139 Å². The molecule has 1 rings (SSSR count). The van der Waals surface area contributed by atoms with Gasteiger partial charge in [-0.1, -0.05) is 0 Å². The summed E-state index contributed by atoms with van der Waals surface area (Å²) in [6.07, 6.45) is 2.12. The maximum atomic E-state index is 11.7. The van der Waals surface area contributed by atoms with E-state index < -0.39 is 23.7 Å². The van der Waals surface area contributed by atoms with Gasteiger partial charge in [-0.25, -0.2) is 4.79 Å². The minimum absolute atomic E-state index is 0.0784. The van der Waals surface area contributed by atoms with Crippen LogP contribution in [0.1, 0.15) is 6.42 Å². The fourth-order valence-corrected chi connectivity index (χ4v) is 3.32. The predicted octanol–water partition coefficient (Wildman–Crippen LogP) is -0.989. The second-order valence-electron chi connectivity index (χ2n) is 9.27. The predicted molar refractivity (Wildman–Crippen MR) is 159 cm³/mol. The van der Waals surface area contributed by atoms with Gasteiger partial charge in [0, 0.05) is 23.2 Å². The van der Waals surface area contributed by atoms with E-state index in [-0.39, 0.29) is 32.7 Å². The van der Waals surface area contributed by atoms with E-state index in [0.717, 1.165) is 17.1 Å². The number of rotatable bonds is 35. The summed E-state index contributed by atoms with van der Waals surface area (Å²) >= 11 is 0. The summed E-state index contributed by atoms with van der Waals surface area (Å²) in [6.45, 7) is 7.79. The highest BCUT2D eigenvalue weighted by molar-refractivity contribution is 6.14. The van der Waals surface area contributed by atoms with Crippen LogP contribution >= 0.6 is 0 Å². The molecule has 0 fully saturated rings. The molecule has 1 N–H and O–H groups in total. The van der Waals surface area contributed by atoms with E-state index in [1.165, 1.54) is 0 Å². The first-order valence-corrected chi connectivity index (χ1v) is 15.4. The Bertz CT molecular complexity index is 834. The Morgan fingerprint density at radius 2 is 0.809 bits per heavy atom. The number of carbonyl (C=O) groups is 4. The summed E-state index contributed by atoms with van der Waals surface area (Å²) in [7, 11) is 0. The van der Waals surface area contributed by atoms with Gasteiger partial charge in [0.1, 0.15) is 6.54 Å². The van der Waals surface area contributed by atoms with Crippen molar-refractivity contribution in [2.24, 2.45) is 0 Å². The standard InChI is InChI=1S/C29H49FN2O15/c30-47-29(36)3-5-37-7-9-39-11-13-41-15-17-43-19-21-45-23-24-46-22-20-44-18-16-42-14-12-40-10-8-38-6-4-31-26(33)25-32-27(34)1-2-28(32)35/h1-2H,3-25H2,(H,31,33). The lowest BCUT2D eigenvalue weighted by atomic mass is 10.4. The van der Waals surface area contributed by atoms with Crippen molar-refractivity contribution in [3.63, 3.8) is 0 Å². The fourth-order valence-electron chi connectivity index (χ4n) is 3.32. The molecule has 18 heteroatoms. The zero-order chi connectivity index (χ0) is 34.0. The summed E-state index contributed by atoms with van der Waals surface area (Å²) < 4.78 is 65.1. The van der Waals surface area contributed by atoms with Gasteiger partial charge in [0.25, 0.3) is 11.8 Å². The van der Waals surface area contributed by atoms with Gasteiger partial charge in [-0.05, 0) is 0 Å². The van der Waals surface area contributed by atoms with Crippen LogP contribution in [0.5, 0.6) is 0 Å². The van der Waals surface area contributed by atoms with Crippen LogP contribution in [0.2, 0.25) is 0 Å². The minimum Gasteiger partial charge on any atom is -0.378 e. The third-order valence-corrected chi connectivity index (χ3v) is 5.66. The molecule has 272 valence electrons. The Labute approximate surface area is 274 Å². The summed E-state index contributed by atoms with van der Waals surface area (Å²) in [5, 5.41) is 2.58. The van der Waals surface area contributed by atoms with E-state index in [4.69, 9.17) is 47.4 Å². The molecule has 1 aliphatic rings. The molecule has 1 heterocycles. The molecule has 3 amide bonds. The number of ether oxygens (including phenoxy) is 10. The fraction of sp³-hybridized carbons (Fsp3) is 0.793. The Balaban J connectivity index is 1.65. The smallest absolute Gasteiger partial charge is 0.351 e. The molecule has 17 nitrogen and oxygen atoms in total. The molecule has 47 heavy (non-hydrogen) atoms. The van der Waals surface area contributed by atoms with E-state index in [9.17, 15) is 23.7 Å². The van der Waals surface area contributed by atoms with Gasteiger partial charge in [-0.15, -0.1) is 0 Å². The first-order chi connectivity index (χ1) is 23.0. The third-order valence-electron chi connectivity index (χ3n) is 5.66. The molecule has 0 spiro atoms. The number of nitrogens with one attached hydrogen (secondary N) is 1. The van der Waals surface area contributed by atoms with Gasteiger partial charge >= 0.3 is 5.97 Å². The zero-order valence-electron chi connectivity index (χ0n) is 26.9. The molecule has 0 aromatic heterocycles. The van der Waals surface area contributed by atoms with E-state index in [0.29, 0.717) is 119 Å².